The summed E-state index contributed by atoms with van der Waals surface area (Å²) in [5.41, 5.74) is -0.0593. The van der Waals surface area contributed by atoms with Crippen molar-refractivity contribution in [2.45, 2.75) is 63.6 Å². The summed E-state index contributed by atoms with van der Waals surface area (Å²) in [7, 11) is 0. The minimum Gasteiger partial charge on any atom is -0.481 e. The van der Waals surface area contributed by atoms with E-state index < -0.39 is 34.6 Å². The first kappa shape index (κ1) is 27.7. The van der Waals surface area contributed by atoms with Crippen LogP contribution < -0.4 is 10.9 Å². The minimum absolute atomic E-state index is 0.0199. The first-order chi connectivity index (χ1) is 19.1. The lowest BCUT2D eigenvalue weighted by atomic mass is 9.83. The normalized spacial score (nSPS) is 17.4. The molecule has 2 fully saturated rings. The van der Waals surface area contributed by atoms with Gasteiger partial charge in [0.05, 0.1) is 17.9 Å². The van der Waals surface area contributed by atoms with E-state index >= 15 is 0 Å². The topological polar surface area (TPSA) is 88.4 Å². The molecule has 1 aromatic heterocycles. The fraction of sp³-hybridized carbons (Fsp3) is 0.387. The van der Waals surface area contributed by atoms with Crippen molar-refractivity contribution in [1.29, 1.82) is 0 Å². The van der Waals surface area contributed by atoms with Crippen molar-refractivity contribution < 1.29 is 27.9 Å². The number of carboxylic acids is 1. The van der Waals surface area contributed by atoms with Gasteiger partial charge in [0.2, 0.25) is 5.91 Å². The molecule has 1 atom stereocenters. The molecule has 1 heterocycles. The Morgan fingerprint density at radius 3 is 2.33 bits per heavy atom. The van der Waals surface area contributed by atoms with Gasteiger partial charge in [0.1, 0.15) is 5.56 Å². The maximum Gasteiger partial charge on any atom is 0.421 e. The number of carbonyl (C=O) groups is 2. The summed E-state index contributed by atoms with van der Waals surface area (Å²) >= 11 is 0. The number of aromatic nitrogens is 1. The number of amides is 1. The van der Waals surface area contributed by atoms with Crippen molar-refractivity contribution in [2.75, 3.05) is 5.32 Å². The molecule has 1 unspecified atom stereocenters. The molecule has 0 saturated heterocycles. The fourth-order valence-corrected chi connectivity index (χ4v) is 5.82. The average Bonchev–Trinajstić information content (AvgIpc) is 3.49. The SMILES string of the molecule is O=C(Nc1cccc(CC2(C(=O)O)CC2)c1)C(c1ccc(Cn2cccc(C(F)(F)F)c2=O)cc1)C1CCCC1. The molecule has 2 aromatic carbocycles. The largest absolute Gasteiger partial charge is 0.481 e. The van der Waals surface area contributed by atoms with E-state index in [1.54, 1.807) is 18.2 Å². The van der Waals surface area contributed by atoms with Gasteiger partial charge in [-0.3, -0.25) is 14.4 Å². The van der Waals surface area contributed by atoms with Crippen molar-refractivity contribution in [1.82, 2.24) is 4.57 Å². The Morgan fingerprint density at radius 2 is 1.70 bits per heavy atom. The van der Waals surface area contributed by atoms with Crippen molar-refractivity contribution in [3.63, 3.8) is 0 Å². The van der Waals surface area contributed by atoms with Gasteiger partial charge in [0.25, 0.3) is 5.56 Å². The van der Waals surface area contributed by atoms with Crippen LogP contribution in [0.2, 0.25) is 0 Å². The van der Waals surface area contributed by atoms with Gasteiger partial charge in [-0.15, -0.1) is 0 Å². The zero-order valence-electron chi connectivity index (χ0n) is 21.9. The number of carbonyl (C=O) groups excluding carboxylic acids is 1. The van der Waals surface area contributed by atoms with Gasteiger partial charge in [-0.25, -0.2) is 0 Å². The lowest BCUT2D eigenvalue weighted by Crippen LogP contribution is -2.28. The predicted octanol–water partition coefficient (Wildman–Crippen LogP) is 6.24. The number of pyridine rings is 1. The molecule has 0 spiro atoms. The van der Waals surface area contributed by atoms with Gasteiger partial charge in [-0.1, -0.05) is 49.2 Å². The standard InChI is InChI=1S/C31H31F3N2O4/c32-31(33,34)25-9-4-16-36(28(25)38)19-20-10-12-23(13-11-20)26(22-6-1-2-7-22)27(37)35-24-8-3-5-21(17-24)18-30(14-15-30)29(39)40/h3-5,8-13,16-17,22,26H,1-2,6-7,14-15,18-19H2,(H,35,37)(H,39,40). The Balaban J connectivity index is 1.33. The predicted molar refractivity (Wildman–Crippen MR) is 144 cm³/mol. The van der Waals surface area contributed by atoms with E-state index in [-0.39, 0.29) is 18.4 Å². The Morgan fingerprint density at radius 1 is 1.00 bits per heavy atom. The van der Waals surface area contributed by atoms with Crippen LogP contribution in [0, 0.1) is 11.3 Å². The second-order valence-electron chi connectivity index (χ2n) is 11.1. The number of aliphatic carboxylic acids is 1. The molecule has 40 heavy (non-hydrogen) atoms. The fourth-order valence-electron chi connectivity index (χ4n) is 5.82. The zero-order chi connectivity index (χ0) is 28.5. The average molecular weight is 553 g/mol. The molecule has 0 bridgehead atoms. The van der Waals surface area contributed by atoms with E-state index in [1.165, 1.54) is 12.3 Å². The van der Waals surface area contributed by atoms with Crippen LogP contribution in [0.4, 0.5) is 18.9 Å². The maximum absolute atomic E-state index is 13.6. The van der Waals surface area contributed by atoms with Gasteiger partial charge in [-0.2, -0.15) is 13.2 Å². The Kier molecular flexibility index (Phi) is 7.57. The van der Waals surface area contributed by atoms with E-state index in [1.807, 2.05) is 30.3 Å². The minimum atomic E-state index is -4.72. The summed E-state index contributed by atoms with van der Waals surface area (Å²) < 4.78 is 40.5. The van der Waals surface area contributed by atoms with E-state index in [0.29, 0.717) is 30.5 Å². The monoisotopic (exact) mass is 552 g/mol. The molecule has 3 aromatic rings. The van der Waals surface area contributed by atoms with Crippen LogP contribution in [0.1, 0.15) is 66.7 Å². The second-order valence-corrected chi connectivity index (χ2v) is 11.1. The molecule has 5 rings (SSSR count). The molecule has 9 heteroatoms. The van der Waals surface area contributed by atoms with Crippen LogP contribution in [0.25, 0.3) is 0 Å². The molecule has 2 aliphatic carbocycles. The Bertz CT molecular complexity index is 1450. The van der Waals surface area contributed by atoms with Gasteiger partial charge in [0, 0.05) is 11.9 Å². The number of halogens is 3. The highest BCUT2D eigenvalue weighted by Crippen LogP contribution is 2.48. The first-order valence-corrected chi connectivity index (χ1v) is 13.5. The highest BCUT2D eigenvalue weighted by molar-refractivity contribution is 5.96. The van der Waals surface area contributed by atoms with Gasteiger partial charge in [-0.05, 0) is 79.0 Å². The van der Waals surface area contributed by atoms with Crippen LogP contribution in [0.15, 0.2) is 71.7 Å². The number of benzene rings is 2. The number of nitrogens with one attached hydrogen (secondary N) is 1. The smallest absolute Gasteiger partial charge is 0.421 e. The third-order valence-corrected chi connectivity index (χ3v) is 8.22. The quantitative estimate of drug-likeness (QED) is 0.329. The third kappa shape index (κ3) is 5.98. The van der Waals surface area contributed by atoms with Crippen LogP contribution in [0.3, 0.4) is 0 Å². The molecular formula is C31H31F3N2O4. The molecular weight excluding hydrogens is 521 g/mol. The number of hydrogen-bond acceptors (Lipinski definition) is 3. The van der Waals surface area contributed by atoms with E-state index in [4.69, 9.17) is 0 Å². The summed E-state index contributed by atoms with van der Waals surface area (Å²) in [6, 6.07) is 16.4. The lowest BCUT2D eigenvalue weighted by molar-refractivity contribution is -0.143. The van der Waals surface area contributed by atoms with Crippen molar-refractivity contribution in [2.24, 2.45) is 11.3 Å². The van der Waals surface area contributed by atoms with Crippen molar-refractivity contribution in [3.05, 3.63) is 99.5 Å². The molecule has 6 nitrogen and oxygen atoms in total. The Hall–Kier alpha value is -3.88. The summed E-state index contributed by atoms with van der Waals surface area (Å²) in [4.78, 5) is 37.6. The third-order valence-electron chi connectivity index (χ3n) is 8.22. The summed E-state index contributed by atoms with van der Waals surface area (Å²) in [6.45, 7) is -0.0199. The molecule has 0 radical (unpaired) electrons. The maximum atomic E-state index is 13.6. The zero-order valence-corrected chi connectivity index (χ0v) is 21.9. The molecule has 210 valence electrons. The highest BCUT2D eigenvalue weighted by atomic mass is 19.4. The van der Waals surface area contributed by atoms with E-state index in [9.17, 15) is 32.7 Å². The number of alkyl halides is 3. The summed E-state index contributed by atoms with van der Waals surface area (Å²) in [5.74, 6) is -1.19. The van der Waals surface area contributed by atoms with Gasteiger partial charge >= 0.3 is 12.1 Å². The number of hydrogen-bond donors (Lipinski definition) is 2. The van der Waals surface area contributed by atoms with Crippen LogP contribution in [-0.2, 0) is 28.7 Å². The van der Waals surface area contributed by atoms with Crippen molar-refractivity contribution in [3.8, 4) is 0 Å². The van der Waals surface area contributed by atoms with Crippen LogP contribution in [0.5, 0.6) is 0 Å². The highest BCUT2D eigenvalue weighted by Gasteiger charge is 2.50. The molecule has 0 aliphatic heterocycles. The summed E-state index contributed by atoms with van der Waals surface area (Å²) in [6.07, 6.45) is 2.25. The molecule has 2 aliphatic rings. The number of nitrogens with zero attached hydrogens (tertiary/aromatic N) is 1. The number of anilines is 1. The second kappa shape index (κ2) is 10.9. The molecule has 2 saturated carbocycles. The number of carboxylic acid groups (broad SMARTS) is 1. The van der Waals surface area contributed by atoms with Crippen LogP contribution in [-0.4, -0.2) is 21.6 Å². The lowest BCUT2D eigenvalue weighted by Gasteiger charge is -2.24. The van der Waals surface area contributed by atoms with E-state index in [0.717, 1.165) is 47.4 Å². The molecule has 1 amide bonds. The van der Waals surface area contributed by atoms with Gasteiger partial charge in [0.15, 0.2) is 0 Å². The van der Waals surface area contributed by atoms with Gasteiger partial charge < -0.3 is 15.0 Å². The number of rotatable bonds is 9. The first-order valence-electron chi connectivity index (χ1n) is 13.5. The summed E-state index contributed by atoms with van der Waals surface area (Å²) in [5, 5.41) is 12.6. The van der Waals surface area contributed by atoms with E-state index in [2.05, 4.69) is 5.32 Å². The molecule has 2 N–H and O–H groups in total. The van der Waals surface area contributed by atoms with Crippen molar-refractivity contribution >= 4 is 17.6 Å². The Labute approximate surface area is 229 Å². The van der Waals surface area contributed by atoms with Crippen LogP contribution >= 0.6 is 0 Å².